The van der Waals surface area contributed by atoms with Gasteiger partial charge < -0.3 is 14.8 Å². The molecule has 1 saturated heterocycles. The summed E-state index contributed by atoms with van der Waals surface area (Å²) in [5.41, 5.74) is 0.126. The number of rotatable bonds is 6. The van der Waals surface area contributed by atoms with Crippen LogP contribution in [0, 0.1) is 0 Å². The van der Waals surface area contributed by atoms with Gasteiger partial charge in [0, 0.05) is 26.2 Å². The van der Waals surface area contributed by atoms with Gasteiger partial charge in [0.2, 0.25) is 0 Å². The summed E-state index contributed by atoms with van der Waals surface area (Å²) in [7, 11) is 0. The van der Waals surface area contributed by atoms with Gasteiger partial charge in [-0.25, -0.2) is 0 Å². The zero-order chi connectivity index (χ0) is 21.7. The zero-order valence-electron chi connectivity index (χ0n) is 17.2. The van der Waals surface area contributed by atoms with Gasteiger partial charge in [-0.1, -0.05) is 42.5 Å². The standard InChI is InChI=1S/C24H23F3N2O2.ClH/c25-24(26,27)23(29-15-13-28-14-16-29)18-11-12-21(30-19-7-3-1-4-8-19)22(17-18)31-20-9-5-2-6-10-20;/h1-12,17,23,28H,13-16H2;1H/t23-;/m0./s1. The van der Waals surface area contributed by atoms with Crippen molar-refractivity contribution < 1.29 is 22.6 Å². The highest BCUT2D eigenvalue weighted by atomic mass is 35.5. The first-order valence-electron chi connectivity index (χ1n) is 10.1. The molecule has 1 fully saturated rings. The van der Waals surface area contributed by atoms with Crippen LogP contribution in [-0.2, 0) is 0 Å². The van der Waals surface area contributed by atoms with E-state index in [2.05, 4.69) is 5.32 Å². The third-order valence-electron chi connectivity index (χ3n) is 5.05. The number of piperazine rings is 1. The molecule has 0 aromatic heterocycles. The van der Waals surface area contributed by atoms with E-state index in [9.17, 15) is 13.2 Å². The maximum Gasteiger partial charge on any atom is 0.408 e. The average molecular weight is 465 g/mol. The molecule has 170 valence electrons. The number of ether oxygens (including phenoxy) is 2. The van der Waals surface area contributed by atoms with E-state index in [1.807, 2.05) is 24.3 Å². The summed E-state index contributed by atoms with van der Waals surface area (Å²) in [6, 6.07) is 20.7. The number of alkyl halides is 3. The summed E-state index contributed by atoms with van der Waals surface area (Å²) in [5.74, 6) is 1.67. The van der Waals surface area contributed by atoms with E-state index in [0.29, 0.717) is 43.4 Å². The molecule has 1 atom stereocenters. The Balaban J connectivity index is 0.00000289. The van der Waals surface area contributed by atoms with Gasteiger partial charge in [0.1, 0.15) is 17.5 Å². The summed E-state index contributed by atoms with van der Waals surface area (Å²) in [6.07, 6.45) is -4.41. The van der Waals surface area contributed by atoms with Gasteiger partial charge in [0.25, 0.3) is 0 Å². The fourth-order valence-electron chi connectivity index (χ4n) is 3.64. The third kappa shape index (κ3) is 5.94. The van der Waals surface area contributed by atoms with Crippen molar-refractivity contribution in [2.24, 2.45) is 0 Å². The van der Waals surface area contributed by atoms with Crippen molar-refractivity contribution >= 4 is 12.4 Å². The molecule has 32 heavy (non-hydrogen) atoms. The second kappa shape index (κ2) is 10.7. The van der Waals surface area contributed by atoms with Crippen LogP contribution in [-0.4, -0.2) is 37.3 Å². The first kappa shape index (κ1) is 23.9. The largest absolute Gasteiger partial charge is 0.453 e. The normalized spacial score (nSPS) is 15.5. The molecule has 4 nitrogen and oxygen atoms in total. The minimum atomic E-state index is -4.41. The van der Waals surface area contributed by atoms with Crippen molar-refractivity contribution in [1.29, 1.82) is 0 Å². The van der Waals surface area contributed by atoms with Gasteiger partial charge >= 0.3 is 6.18 Å². The Morgan fingerprint density at radius 1 is 0.750 bits per heavy atom. The number of nitrogens with one attached hydrogen (secondary N) is 1. The smallest absolute Gasteiger partial charge is 0.408 e. The quantitative estimate of drug-likeness (QED) is 0.471. The van der Waals surface area contributed by atoms with Crippen molar-refractivity contribution in [1.82, 2.24) is 10.2 Å². The summed E-state index contributed by atoms with van der Waals surface area (Å²) < 4.78 is 54.1. The van der Waals surface area contributed by atoms with Crippen LogP contribution in [0.2, 0.25) is 0 Å². The fraction of sp³-hybridized carbons (Fsp3) is 0.250. The van der Waals surface area contributed by atoms with Crippen LogP contribution in [0.3, 0.4) is 0 Å². The van der Waals surface area contributed by atoms with Crippen LogP contribution in [0.15, 0.2) is 78.9 Å². The number of benzene rings is 3. The van der Waals surface area contributed by atoms with Crippen molar-refractivity contribution in [3.63, 3.8) is 0 Å². The molecule has 0 spiro atoms. The molecule has 3 aromatic rings. The molecule has 0 unspecified atom stereocenters. The van der Waals surface area contributed by atoms with E-state index in [1.54, 1.807) is 42.5 Å². The van der Waals surface area contributed by atoms with E-state index >= 15 is 0 Å². The minimum Gasteiger partial charge on any atom is -0.453 e. The summed E-state index contributed by atoms with van der Waals surface area (Å²) in [6.45, 7) is 1.69. The SMILES string of the molecule is Cl.FC(F)(F)[C@H](c1ccc(Oc2ccccc2)c(Oc2ccccc2)c1)N1CCNCC1. The van der Waals surface area contributed by atoms with Crippen molar-refractivity contribution in [3.05, 3.63) is 84.4 Å². The second-order valence-electron chi connectivity index (χ2n) is 7.27. The topological polar surface area (TPSA) is 33.7 Å². The number of hydrogen-bond acceptors (Lipinski definition) is 4. The molecular weight excluding hydrogens is 441 g/mol. The van der Waals surface area contributed by atoms with Gasteiger partial charge in [0.15, 0.2) is 11.5 Å². The van der Waals surface area contributed by atoms with Gasteiger partial charge in [-0.15, -0.1) is 12.4 Å². The predicted molar refractivity (Wildman–Crippen MR) is 120 cm³/mol. The monoisotopic (exact) mass is 464 g/mol. The molecular formula is C24H24ClF3N2O2. The van der Waals surface area contributed by atoms with E-state index in [1.165, 1.54) is 17.0 Å². The molecule has 4 rings (SSSR count). The number of halogens is 4. The van der Waals surface area contributed by atoms with Crippen LogP contribution in [0.5, 0.6) is 23.0 Å². The van der Waals surface area contributed by atoms with Crippen molar-refractivity contribution in [2.45, 2.75) is 12.2 Å². The number of hydrogen-bond donors (Lipinski definition) is 1. The lowest BCUT2D eigenvalue weighted by Crippen LogP contribution is -2.49. The Hall–Kier alpha value is -2.74. The number of para-hydroxylation sites is 2. The predicted octanol–water partition coefficient (Wildman–Crippen LogP) is 6.20. The number of nitrogens with zero attached hydrogens (tertiary/aromatic N) is 1. The van der Waals surface area contributed by atoms with Crippen LogP contribution in [0.4, 0.5) is 13.2 Å². The highest BCUT2D eigenvalue weighted by Crippen LogP contribution is 2.42. The molecule has 0 bridgehead atoms. The maximum absolute atomic E-state index is 14.1. The zero-order valence-corrected chi connectivity index (χ0v) is 18.0. The second-order valence-corrected chi connectivity index (χ2v) is 7.27. The Bertz CT molecular complexity index is 982. The molecule has 0 amide bonds. The minimum absolute atomic E-state index is 0. The Labute approximate surface area is 191 Å². The summed E-state index contributed by atoms with van der Waals surface area (Å²) in [4.78, 5) is 1.45. The third-order valence-corrected chi connectivity index (χ3v) is 5.05. The molecule has 3 aromatic carbocycles. The van der Waals surface area contributed by atoms with Crippen molar-refractivity contribution in [3.8, 4) is 23.0 Å². The van der Waals surface area contributed by atoms with Crippen LogP contribution < -0.4 is 14.8 Å². The Morgan fingerprint density at radius 2 is 1.28 bits per heavy atom. The Kier molecular flexibility index (Phi) is 8.01. The summed E-state index contributed by atoms with van der Waals surface area (Å²) in [5, 5.41) is 3.10. The average Bonchev–Trinajstić information content (AvgIpc) is 2.77. The van der Waals surface area contributed by atoms with E-state index in [4.69, 9.17) is 9.47 Å². The van der Waals surface area contributed by atoms with E-state index < -0.39 is 12.2 Å². The van der Waals surface area contributed by atoms with Gasteiger partial charge in [-0.2, -0.15) is 13.2 Å². The van der Waals surface area contributed by atoms with Crippen molar-refractivity contribution in [2.75, 3.05) is 26.2 Å². The first-order valence-corrected chi connectivity index (χ1v) is 10.1. The van der Waals surface area contributed by atoms with E-state index in [0.717, 1.165) is 0 Å². The lowest BCUT2D eigenvalue weighted by molar-refractivity contribution is -0.187. The molecule has 1 heterocycles. The molecule has 1 aliphatic rings. The molecule has 0 saturated carbocycles. The van der Waals surface area contributed by atoms with Crippen LogP contribution in [0.1, 0.15) is 11.6 Å². The van der Waals surface area contributed by atoms with Crippen LogP contribution >= 0.6 is 12.4 Å². The van der Waals surface area contributed by atoms with Gasteiger partial charge in [-0.3, -0.25) is 4.90 Å². The maximum atomic E-state index is 14.1. The first-order chi connectivity index (χ1) is 15.0. The lowest BCUT2D eigenvalue weighted by Gasteiger charge is -2.36. The Morgan fingerprint density at radius 3 is 1.81 bits per heavy atom. The van der Waals surface area contributed by atoms with Crippen LogP contribution in [0.25, 0.3) is 0 Å². The lowest BCUT2D eigenvalue weighted by atomic mass is 10.0. The fourth-order valence-corrected chi connectivity index (χ4v) is 3.64. The molecule has 8 heteroatoms. The summed E-state index contributed by atoms with van der Waals surface area (Å²) >= 11 is 0. The highest BCUT2D eigenvalue weighted by Gasteiger charge is 2.45. The molecule has 1 N–H and O–H groups in total. The van der Waals surface area contributed by atoms with Gasteiger partial charge in [0.05, 0.1) is 0 Å². The van der Waals surface area contributed by atoms with Gasteiger partial charge in [-0.05, 0) is 42.0 Å². The highest BCUT2D eigenvalue weighted by molar-refractivity contribution is 5.85. The van der Waals surface area contributed by atoms with E-state index in [-0.39, 0.29) is 23.7 Å². The molecule has 0 radical (unpaired) electrons. The molecule has 1 aliphatic heterocycles. The molecule has 0 aliphatic carbocycles.